The molecule has 7 nitrogen and oxygen atoms in total. The van der Waals surface area contributed by atoms with Crippen LogP contribution in [0.5, 0.6) is 0 Å². The highest BCUT2D eigenvalue weighted by atomic mass is 32.2. The number of amides is 2. The van der Waals surface area contributed by atoms with E-state index in [0.29, 0.717) is 31.7 Å². The number of nitrogens with one attached hydrogen (secondary N) is 1. The Kier molecular flexibility index (Phi) is 7.98. The fourth-order valence-corrected chi connectivity index (χ4v) is 4.30. The molecule has 0 radical (unpaired) electrons. The van der Waals surface area contributed by atoms with E-state index in [2.05, 4.69) is 5.32 Å². The molecule has 27 heavy (non-hydrogen) atoms. The van der Waals surface area contributed by atoms with Crippen LogP contribution in [0, 0.1) is 0 Å². The van der Waals surface area contributed by atoms with E-state index < -0.39 is 10.0 Å². The number of rotatable bonds is 8. The van der Waals surface area contributed by atoms with E-state index in [1.807, 2.05) is 20.8 Å². The normalized spacial score (nSPS) is 12.1. The third kappa shape index (κ3) is 6.04. The Labute approximate surface area is 162 Å². The molecule has 0 aliphatic rings. The van der Waals surface area contributed by atoms with Crippen LogP contribution in [0.4, 0.5) is 0 Å². The Hall–Kier alpha value is -1.93. The van der Waals surface area contributed by atoms with Crippen molar-refractivity contribution >= 4 is 21.8 Å². The first-order valence-electron chi connectivity index (χ1n) is 9.11. The first kappa shape index (κ1) is 23.1. The average molecular weight is 398 g/mol. The van der Waals surface area contributed by atoms with Crippen molar-refractivity contribution in [3.63, 3.8) is 0 Å². The predicted molar refractivity (Wildman–Crippen MR) is 106 cm³/mol. The molecule has 0 aromatic heterocycles. The van der Waals surface area contributed by atoms with Crippen LogP contribution in [0.2, 0.25) is 0 Å². The Bertz CT molecular complexity index is 748. The molecule has 0 aliphatic heterocycles. The molecule has 1 aromatic rings. The summed E-state index contributed by atoms with van der Waals surface area (Å²) >= 11 is 0. The standard InChI is InChI=1S/C19H31N3O4S/c1-7-21(8-2)27(25,26)17-11-9-16(10-12-17)18(24)20-13-14-22(15(3)23)19(4,5)6/h9-12H,7-8,13-14H2,1-6H3,(H,20,24). The smallest absolute Gasteiger partial charge is 0.251 e. The quantitative estimate of drug-likeness (QED) is 0.728. The molecule has 1 aromatic carbocycles. The molecule has 0 fully saturated rings. The highest BCUT2D eigenvalue weighted by molar-refractivity contribution is 7.89. The molecule has 0 aliphatic carbocycles. The van der Waals surface area contributed by atoms with Crippen molar-refractivity contribution in [3.05, 3.63) is 29.8 Å². The molecule has 0 bridgehead atoms. The minimum atomic E-state index is -3.54. The first-order chi connectivity index (χ1) is 12.4. The van der Waals surface area contributed by atoms with Crippen molar-refractivity contribution in [1.82, 2.24) is 14.5 Å². The van der Waals surface area contributed by atoms with Gasteiger partial charge in [-0.3, -0.25) is 9.59 Å². The van der Waals surface area contributed by atoms with Crippen LogP contribution in [0.25, 0.3) is 0 Å². The lowest BCUT2D eigenvalue weighted by Gasteiger charge is -2.35. The summed E-state index contributed by atoms with van der Waals surface area (Å²) in [4.78, 5) is 25.9. The van der Waals surface area contributed by atoms with E-state index in [1.54, 1.807) is 18.7 Å². The Morgan fingerprint density at radius 2 is 1.56 bits per heavy atom. The molecule has 8 heteroatoms. The highest BCUT2D eigenvalue weighted by Crippen LogP contribution is 2.16. The molecule has 1 N–H and O–H groups in total. The lowest BCUT2D eigenvalue weighted by atomic mass is 10.1. The predicted octanol–water partition coefficient (Wildman–Crippen LogP) is 2.09. The zero-order valence-electron chi connectivity index (χ0n) is 17.1. The fraction of sp³-hybridized carbons (Fsp3) is 0.579. The van der Waals surface area contributed by atoms with Crippen molar-refractivity contribution in [1.29, 1.82) is 0 Å². The molecule has 0 heterocycles. The molecule has 0 spiro atoms. The summed E-state index contributed by atoms with van der Waals surface area (Å²) in [6, 6.07) is 5.88. The van der Waals surface area contributed by atoms with Crippen LogP contribution in [0.1, 0.15) is 51.9 Å². The lowest BCUT2D eigenvalue weighted by Crippen LogP contribution is -2.48. The molecular formula is C19H31N3O4S. The monoisotopic (exact) mass is 397 g/mol. The summed E-state index contributed by atoms with van der Waals surface area (Å²) in [5.41, 5.74) is 0.0513. The van der Waals surface area contributed by atoms with Crippen LogP contribution in [0.3, 0.4) is 0 Å². The van der Waals surface area contributed by atoms with Gasteiger partial charge in [-0.05, 0) is 45.0 Å². The number of carbonyl (C=O) groups excluding carboxylic acids is 2. The van der Waals surface area contributed by atoms with Crippen molar-refractivity contribution < 1.29 is 18.0 Å². The highest BCUT2D eigenvalue weighted by Gasteiger charge is 2.24. The van der Waals surface area contributed by atoms with Gasteiger partial charge in [0.15, 0.2) is 0 Å². The van der Waals surface area contributed by atoms with E-state index in [-0.39, 0.29) is 22.2 Å². The van der Waals surface area contributed by atoms with Gasteiger partial charge in [-0.2, -0.15) is 4.31 Å². The van der Waals surface area contributed by atoms with Gasteiger partial charge in [0.25, 0.3) is 5.91 Å². The maximum atomic E-state index is 12.5. The van der Waals surface area contributed by atoms with Gasteiger partial charge in [0.05, 0.1) is 4.90 Å². The van der Waals surface area contributed by atoms with E-state index in [4.69, 9.17) is 0 Å². The van der Waals surface area contributed by atoms with E-state index in [0.717, 1.165) is 0 Å². The Balaban J connectivity index is 2.77. The van der Waals surface area contributed by atoms with Crippen molar-refractivity contribution in [2.75, 3.05) is 26.2 Å². The van der Waals surface area contributed by atoms with Gasteiger partial charge in [-0.15, -0.1) is 0 Å². The maximum Gasteiger partial charge on any atom is 0.251 e. The zero-order valence-corrected chi connectivity index (χ0v) is 17.9. The second kappa shape index (κ2) is 9.32. The molecular weight excluding hydrogens is 366 g/mol. The van der Waals surface area contributed by atoms with Crippen molar-refractivity contribution in [2.24, 2.45) is 0 Å². The van der Waals surface area contributed by atoms with Crippen LogP contribution in [-0.4, -0.2) is 61.2 Å². The summed E-state index contributed by atoms with van der Waals surface area (Å²) in [5, 5.41) is 2.77. The van der Waals surface area contributed by atoms with Crippen LogP contribution in [0.15, 0.2) is 29.2 Å². The molecule has 0 saturated carbocycles. The molecule has 2 amide bonds. The van der Waals surface area contributed by atoms with Gasteiger partial charge in [-0.25, -0.2) is 8.42 Å². The maximum absolute atomic E-state index is 12.5. The van der Waals surface area contributed by atoms with Crippen LogP contribution >= 0.6 is 0 Å². The lowest BCUT2D eigenvalue weighted by molar-refractivity contribution is -0.133. The Morgan fingerprint density at radius 1 is 1.04 bits per heavy atom. The van der Waals surface area contributed by atoms with E-state index in [9.17, 15) is 18.0 Å². The van der Waals surface area contributed by atoms with Gasteiger partial charge in [0, 0.05) is 44.2 Å². The third-order valence-electron chi connectivity index (χ3n) is 4.27. The van der Waals surface area contributed by atoms with Gasteiger partial charge in [-0.1, -0.05) is 13.8 Å². The molecule has 1 rings (SSSR count). The van der Waals surface area contributed by atoms with Gasteiger partial charge < -0.3 is 10.2 Å². The average Bonchev–Trinajstić information content (AvgIpc) is 2.58. The summed E-state index contributed by atoms with van der Waals surface area (Å²) in [7, 11) is -3.54. The Morgan fingerprint density at radius 3 is 1.96 bits per heavy atom. The number of benzene rings is 1. The van der Waals surface area contributed by atoms with Gasteiger partial charge in [0.1, 0.15) is 0 Å². The van der Waals surface area contributed by atoms with Crippen LogP contribution < -0.4 is 5.32 Å². The summed E-state index contributed by atoms with van der Waals surface area (Å²) in [6.07, 6.45) is 0. The number of carbonyl (C=O) groups is 2. The number of sulfonamides is 1. The largest absolute Gasteiger partial charge is 0.350 e. The minimum Gasteiger partial charge on any atom is -0.350 e. The summed E-state index contributed by atoms with van der Waals surface area (Å²) < 4.78 is 26.3. The SMILES string of the molecule is CCN(CC)S(=O)(=O)c1ccc(C(=O)NCCN(C(C)=O)C(C)(C)C)cc1. The second-order valence-electron chi connectivity index (χ2n) is 7.21. The minimum absolute atomic E-state index is 0.0530. The number of hydrogen-bond acceptors (Lipinski definition) is 4. The fourth-order valence-electron chi connectivity index (χ4n) is 2.84. The molecule has 0 saturated heterocycles. The number of nitrogens with zero attached hydrogens (tertiary/aromatic N) is 2. The summed E-state index contributed by atoms with van der Waals surface area (Å²) in [5.74, 6) is -0.359. The number of hydrogen-bond donors (Lipinski definition) is 1. The van der Waals surface area contributed by atoms with Crippen molar-refractivity contribution in [3.8, 4) is 0 Å². The van der Waals surface area contributed by atoms with Gasteiger partial charge in [0.2, 0.25) is 15.9 Å². The van der Waals surface area contributed by atoms with E-state index >= 15 is 0 Å². The molecule has 0 unspecified atom stereocenters. The summed E-state index contributed by atoms with van der Waals surface area (Å²) in [6.45, 7) is 12.4. The molecule has 152 valence electrons. The second-order valence-corrected chi connectivity index (χ2v) is 9.15. The van der Waals surface area contributed by atoms with Crippen molar-refractivity contribution in [2.45, 2.75) is 52.0 Å². The van der Waals surface area contributed by atoms with Gasteiger partial charge >= 0.3 is 0 Å². The third-order valence-corrected chi connectivity index (χ3v) is 6.33. The topological polar surface area (TPSA) is 86.8 Å². The molecule has 0 atom stereocenters. The van der Waals surface area contributed by atoms with Crippen LogP contribution in [-0.2, 0) is 14.8 Å². The van der Waals surface area contributed by atoms with E-state index in [1.165, 1.54) is 35.5 Å². The zero-order chi connectivity index (χ0) is 20.8. The first-order valence-corrected chi connectivity index (χ1v) is 10.6.